The van der Waals surface area contributed by atoms with Gasteiger partial charge in [0.25, 0.3) is 0 Å². The quantitative estimate of drug-likeness (QED) is 0.845. The molecule has 0 aliphatic carbocycles. The average Bonchev–Trinajstić information content (AvgIpc) is 2.67. The van der Waals surface area contributed by atoms with Crippen molar-refractivity contribution in [3.05, 3.63) is 47.3 Å². The minimum Gasteiger partial charge on any atom is -0.316 e. The Balaban J connectivity index is 2.14. The molecule has 1 heterocycles. The highest BCUT2D eigenvalue weighted by atomic mass is 32.2. The second-order valence-electron chi connectivity index (χ2n) is 5.01. The van der Waals surface area contributed by atoms with Gasteiger partial charge in [-0.25, -0.2) is 8.42 Å². The SMILES string of the molecule is CNCc1cccc(CS(=O)(=O)Nc2cn(C)nc2C)c1. The Labute approximate surface area is 125 Å². The number of nitrogens with zero attached hydrogens (tertiary/aromatic N) is 2. The molecule has 114 valence electrons. The summed E-state index contributed by atoms with van der Waals surface area (Å²) in [6.07, 6.45) is 1.66. The minimum absolute atomic E-state index is 0.0567. The third-order valence-electron chi connectivity index (χ3n) is 3.01. The third kappa shape index (κ3) is 4.30. The van der Waals surface area contributed by atoms with Gasteiger partial charge in [-0.2, -0.15) is 5.10 Å². The van der Waals surface area contributed by atoms with Crippen LogP contribution in [0.1, 0.15) is 16.8 Å². The second-order valence-corrected chi connectivity index (χ2v) is 6.74. The fourth-order valence-electron chi connectivity index (χ4n) is 2.16. The molecule has 7 heteroatoms. The van der Waals surface area contributed by atoms with E-state index in [1.165, 1.54) is 0 Å². The van der Waals surface area contributed by atoms with Crippen LogP contribution in [0.4, 0.5) is 5.69 Å². The lowest BCUT2D eigenvalue weighted by molar-refractivity contribution is 0.600. The fraction of sp³-hybridized carbons (Fsp3) is 0.357. The summed E-state index contributed by atoms with van der Waals surface area (Å²) in [5, 5.41) is 7.17. The van der Waals surface area contributed by atoms with E-state index in [-0.39, 0.29) is 5.75 Å². The standard InChI is InChI=1S/C14H20N4O2S/c1-11-14(9-18(3)16-11)17-21(19,20)10-13-6-4-5-12(7-13)8-15-2/h4-7,9,15,17H,8,10H2,1-3H3. The molecule has 2 rings (SSSR count). The van der Waals surface area contributed by atoms with Crippen LogP contribution in [0.3, 0.4) is 0 Å². The number of sulfonamides is 1. The van der Waals surface area contributed by atoms with E-state index in [2.05, 4.69) is 15.1 Å². The van der Waals surface area contributed by atoms with Gasteiger partial charge >= 0.3 is 0 Å². The summed E-state index contributed by atoms with van der Waals surface area (Å²) in [6.45, 7) is 2.48. The first-order valence-corrected chi connectivity index (χ1v) is 8.28. The van der Waals surface area contributed by atoms with Crippen molar-refractivity contribution in [3.63, 3.8) is 0 Å². The molecule has 0 spiro atoms. The molecule has 0 atom stereocenters. The van der Waals surface area contributed by atoms with Crippen molar-refractivity contribution in [2.45, 2.75) is 19.2 Å². The van der Waals surface area contributed by atoms with Gasteiger partial charge in [-0.3, -0.25) is 9.40 Å². The third-order valence-corrected chi connectivity index (χ3v) is 4.25. The fourth-order valence-corrected chi connectivity index (χ4v) is 3.38. The smallest absolute Gasteiger partial charge is 0.237 e. The molecule has 2 N–H and O–H groups in total. The van der Waals surface area contributed by atoms with Crippen LogP contribution in [0.25, 0.3) is 0 Å². The normalized spacial score (nSPS) is 11.6. The number of aryl methyl sites for hydroxylation is 2. The molecule has 0 amide bonds. The Morgan fingerprint density at radius 1 is 1.29 bits per heavy atom. The van der Waals surface area contributed by atoms with E-state index in [1.807, 2.05) is 31.3 Å². The first kappa shape index (κ1) is 15.5. The summed E-state index contributed by atoms with van der Waals surface area (Å²) in [6, 6.07) is 7.54. The maximum absolute atomic E-state index is 12.2. The Morgan fingerprint density at radius 2 is 2.00 bits per heavy atom. The first-order chi connectivity index (χ1) is 9.89. The van der Waals surface area contributed by atoms with Crippen molar-refractivity contribution in [3.8, 4) is 0 Å². The van der Waals surface area contributed by atoms with Crippen molar-refractivity contribution in [1.29, 1.82) is 0 Å². The van der Waals surface area contributed by atoms with Gasteiger partial charge < -0.3 is 5.32 Å². The highest BCUT2D eigenvalue weighted by Gasteiger charge is 2.15. The van der Waals surface area contributed by atoms with Gasteiger partial charge in [-0.15, -0.1) is 0 Å². The number of hydrogen-bond donors (Lipinski definition) is 2. The molecule has 0 unspecified atom stereocenters. The topological polar surface area (TPSA) is 76.0 Å². The summed E-state index contributed by atoms with van der Waals surface area (Å²) in [5.74, 6) is -0.0567. The molecule has 1 aromatic carbocycles. The maximum atomic E-state index is 12.2. The van der Waals surface area contributed by atoms with Gasteiger partial charge in [0, 0.05) is 19.8 Å². The largest absolute Gasteiger partial charge is 0.316 e. The van der Waals surface area contributed by atoms with Crippen LogP contribution in [-0.4, -0.2) is 25.2 Å². The van der Waals surface area contributed by atoms with Crippen LogP contribution >= 0.6 is 0 Å². The van der Waals surface area contributed by atoms with Gasteiger partial charge in [0.1, 0.15) is 0 Å². The van der Waals surface area contributed by atoms with Crippen LogP contribution in [0.5, 0.6) is 0 Å². The minimum atomic E-state index is -3.45. The zero-order chi connectivity index (χ0) is 15.5. The number of benzene rings is 1. The zero-order valence-electron chi connectivity index (χ0n) is 12.4. The molecule has 0 radical (unpaired) electrons. The van der Waals surface area contributed by atoms with Crippen LogP contribution in [0.15, 0.2) is 30.5 Å². The van der Waals surface area contributed by atoms with Crippen molar-refractivity contribution in [1.82, 2.24) is 15.1 Å². The molecule has 2 aromatic rings. The molecule has 0 bridgehead atoms. The Hall–Kier alpha value is -1.86. The van der Waals surface area contributed by atoms with Crippen LogP contribution in [0.2, 0.25) is 0 Å². The van der Waals surface area contributed by atoms with Crippen molar-refractivity contribution >= 4 is 15.7 Å². The average molecular weight is 308 g/mol. The Kier molecular flexibility index (Phi) is 4.64. The van der Waals surface area contributed by atoms with Gasteiger partial charge in [0.2, 0.25) is 10.0 Å². The molecule has 0 saturated heterocycles. The van der Waals surface area contributed by atoms with E-state index in [9.17, 15) is 8.42 Å². The van der Waals surface area contributed by atoms with E-state index in [0.717, 1.165) is 11.1 Å². The monoisotopic (exact) mass is 308 g/mol. The van der Waals surface area contributed by atoms with E-state index < -0.39 is 10.0 Å². The van der Waals surface area contributed by atoms with Crippen molar-refractivity contribution < 1.29 is 8.42 Å². The lowest BCUT2D eigenvalue weighted by Crippen LogP contribution is -2.15. The molecule has 0 aliphatic rings. The van der Waals surface area contributed by atoms with Crippen molar-refractivity contribution in [2.75, 3.05) is 11.8 Å². The van der Waals surface area contributed by atoms with E-state index in [0.29, 0.717) is 17.9 Å². The Morgan fingerprint density at radius 3 is 2.62 bits per heavy atom. The number of aromatic nitrogens is 2. The molecular weight excluding hydrogens is 288 g/mol. The molecule has 0 fully saturated rings. The van der Waals surface area contributed by atoms with E-state index >= 15 is 0 Å². The van der Waals surface area contributed by atoms with Crippen molar-refractivity contribution in [2.24, 2.45) is 7.05 Å². The summed E-state index contributed by atoms with van der Waals surface area (Å²) in [5.41, 5.74) is 2.99. The van der Waals surface area contributed by atoms with Crippen LogP contribution in [0, 0.1) is 6.92 Å². The number of anilines is 1. The molecule has 0 saturated carbocycles. The predicted molar refractivity (Wildman–Crippen MR) is 83.4 cm³/mol. The van der Waals surface area contributed by atoms with Gasteiger partial charge in [-0.05, 0) is 25.1 Å². The highest BCUT2D eigenvalue weighted by molar-refractivity contribution is 7.91. The lowest BCUT2D eigenvalue weighted by atomic mass is 10.1. The zero-order valence-corrected chi connectivity index (χ0v) is 13.2. The van der Waals surface area contributed by atoms with E-state index in [4.69, 9.17) is 0 Å². The first-order valence-electron chi connectivity index (χ1n) is 6.63. The number of nitrogens with one attached hydrogen (secondary N) is 2. The lowest BCUT2D eigenvalue weighted by Gasteiger charge is -2.08. The summed E-state index contributed by atoms with van der Waals surface area (Å²) in [7, 11) is 0.161. The molecule has 21 heavy (non-hydrogen) atoms. The van der Waals surface area contributed by atoms with Crippen LogP contribution < -0.4 is 10.0 Å². The van der Waals surface area contributed by atoms with Gasteiger partial charge in [-0.1, -0.05) is 24.3 Å². The van der Waals surface area contributed by atoms with Gasteiger partial charge in [0.05, 0.1) is 17.1 Å². The molecule has 0 aliphatic heterocycles. The predicted octanol–water partition coefficient (Wildman–Crippen LogP) is 1.39. The number of rotatable bonds is 6. The molecular formula is C14H20N4O2S. The summed E-state index contributed by atoms with van der Waals surface area (Å²) >= 11 is 0. The highest BCUT2D eigenvalue weighted by Crippen LogP contribution is 2.16. The number of hydrogen-bond acceptors (Lipinski definition) is 4. The maximum Gasteiger partial charge on any atom is 0.237 e. The van der Waals surface area contributed by atoms with Crippen LogP contribution in [-0.2, 0) is 29.4 Å². The van der Waals surface area contributed by atoms with Gasteiger partial charge in [0.15, 0.2) is 0 Å². The molecule has 6 nitrogen and oxygen atoms in total. The second kappa shape index (κ2) is 6.28. The summed E-state index contributed by atoms with van der Waals surface area (Å²) < 4.78 is 28.6. The summed E-state index contributed by atoms with van der Waals surface area (Å²) in [4.78, 5) is 0. The molecule has 1 aromatic heterocycles. The Bertz CT molecular complexity index is 722. The van der Waals surface area contributed by atoms with E-state index in [1.54, 1.807) is 24.9 Å².